The van der Waals surface area contributed by atoms with Gasteiger partial charge in [-0.25, -0.2) is 0 Å². The first-order valence-electron chi connectivity index (χ1n) is 8.10. The van der Waals surface area contributed by atoms with Gasteiger partial charge in [0.15, 0.2) is 0 Å². The Balaban J connectivity index is 0.000000701. The summed E-state index contributed by atoms with van der Waals surface area (Å²) >= 11 is 6.11. The quantitative estimate of drug-likeness (QED) is 0.725. The van der Waals surface area contributed by atoms with Crippen LogP contribution in [0.4, 0.5) is 5.69 Å². The molecular weight excluding hydrogens is 340 g/mol. The molecule has 6 heteroatoms. The Morgan fingerprint density at radius 2 is 1.96 bits per heavy atom. The van der Waals surface area contributed by atoms with E-state index >= 15 is 0 Å². The second-order valence-corrected chi connectivity index (χ2v) is 6.30. The number of hydrogen-bond donors (Lipinski definition) is 3. The van der Waals surface area contributed by atoms with E-state index in [2.05, 4.69) is 54.0 Å². The van der Waals surface area contributed by atoms with Crippen molar-refractivity contribution in [3.8, 4) is 11.1 Å². The fraction of sp³-hybridized carbons (Fsp3) is 0.316. The molecule has 3 rings (SSSR count). The summed E-state index contributed by atoms with van der Waals surface area (Å²) in [7, 11) is 0. The molecule has 1 saturated heterocycles. The van der Waals surface area contributed by atoms with E-state index in [9.17, 15) is 0 Å². The van der Waals surface area contributed by atoms with Crippen molar-refractivity contribution in [1.82, 2.24) is 5.32 Å². The van der Waals surface area contributed by atoms with Gasteiger partial charge >= 0.3 is 0 Å². The number of carbonyl (C=O) groups is 1. The highest BCUT2D eigenvalue weighted by Crippen LogP contribution is 2.27. The lowest BCUT2D eigenvalue weighted by Crippen LogP contribution is -2.46. The van der Waals surface area contributed by atoms with Crippen LogP contribution in [0.15, 0.2) is 42.5 Å². The number of nitrogens with one attached hydrogen (secondary N) is 2. The zero-order valence-corrected chi connectivity index (χ0v) is 15.1. The largest absolute Gasteiger partial charge is 0.483 e. The minimum atomic E-state index is -0.250. The molecule has 0 amide bonds. The van der Waals surface area contributed by atoms with Crippen molar-refractivity contribution in [3.05, 3.63) is 53.1 Å². The minimum absolute atomic E-state index is 0.00551. The summed E-state index contributed by atoms with van der Waals surface area (Å²) in [5, 5.41) is 14.5. The van der Waals surface area contributed by atoms with E-state index in [1.165, 1.54) is 11.1 Å². The summed E-state index contributed by atoms with van der Waals surface area (Å²) < 4.78 is 5.88. The fourth-order valence-corrected chi connectivity index (χ4v) is 2.80. The van der Waals surface area contributed by atoms with Gasteiger partial charge < -0.3 is 20.5 Å². The van der Waals surface area contributed by atoms with Gasteiger partial charge in [0.2, 0.25) is 0 Å². The third-order valence-electron chi connectivity index (χ3n) is 3.84. The van der Waals surface area contributed by atoms with Gasteiger partial charge in [0.05, 0.1) is 6.10 Å². The zero-order valence-electron chi connectivity index (χ0n) is 14.3. The van der Waals surface area contributed by atoms with Crippen molar-refractivity contribution < 1.29 is 14.6 Å². The summed E-state index contributed by atoms with van der Waals surface area (Å²) in [5.41, 5.74) is 4.49. The van der Waals surface area contributed by atoms with Crippen LogP contribution in [0.1, 0.15) is 12.5 Å². The lowest BCUT2D eigenvalue weighted by atomic mass is 10.0. The number of aryl methyl sites for hydroxylation is 1. The average molecular weight is 363 g/mol. The van der Waals surface area contributed by atoms with Crippen molar-refractivity contribution >= 4 is 23.8 Å². The molecule has 1 fully saturated rings. The standard InChI is InChI=1S/C18H21ClN2O.CH2O2/c1-12-8-15(6-7-17(12)19)14-4-3-5-16(9-14)21-18-11-20-10-13(2)22-18;2-1-3/h3-9,13,18,20-21H,10-11H2,1-2H3;1H,(H,2,3). The maximum absolute atomic E-state index is 8.36. The normalized spacial score (nSPS) is 19.5. The highest BCUT2D eigenvalue weighted by molar-refractivity contribution is 6.31. The van der Waals surface area contributed by atoms with Crippen molar-refractivity contribution in [3.63, 3.8) is 0 Å². The first-order chi connectivity index (χ1) is 12.0. The van der Waals surface area contributed by atoms with E-state index in [0.717, 1.165) is 29.4 Å². The monoisotopic (exact) mass is 362 g/mol. The van der Waals surface area contributed by atoms with Crippen molar-refractivity contribution in [2.45, 2.75) is 26.2 Å². The average Bonchev–Trinajstić information content (AvgIpc) is 2.58. The Labute approximate surface area is 153 Å². The second kappa shape index (κ2) is 9.42. The number of ether oxygens (including phenoxy) is 1. The molecule has 0 aromatic heterocycles. The Morgan fingerprint density at radius 1 is 1.24 bits per heavy atom. The second-order valence-electron chi connectivity index (χ2n) is 5.89. The van der Waals surface area contributed by atoms with Crippen LogP contribution in [0, 0.1) is 6.92 Å². The van der Waals surface area contributed by atoms with Gasteiger partial charge in [0.25, 0.3) is 6.47 Å². The lowest BCUT2D eigenvalue weighted by Gasteiger charge is -2.30. The maximum atomic E-state index is 8.36. The molecular formula is C19H23ClN2O3. The molecule has 2 atom stereocenters. The van der Waals surface area contributed by atoms with Gasteiger partial charge in [-0.1, -0.05) is 29.8 Å². The molecule has 2 aromatic carbocycles. The molecule has 1 heterocycles. The third-order valence-corrected chi connectivity index (χ3v) is 4.26. The summed E-state index contributed by atoms with van der Waals surface area (Å²) in [4.78, 5) is 8.36. The highest BCUT2D eigenvalue weighted by atomic mass is 35.5. The van der Waals surface area contributed by atoms with Crippen LogP contribution >= 0.6 is 11.6 Å². The van der Waals surface area contributed by atoms with Gasteiger partial charge in [-0.05, 0) is 54.8 Å². The van der Waals surface area contributed by atoms with Crippen molar-refractivity contribution in [2.24, 2.45) is 0 Å². The van der Waals surface area contributed by atoms with E-state index in [-0.39, 0.29) is 18.8 Å². The molecule has 5 nitrogen and oxygen atoms in total. The number of benzene rings is 2. The van der Waals surface area contributed by atoms with E-state index in [4.69, 9.17) is 26.2 Å². The number of rotatable bonds is 3. The number of hydrogen-bond acceptors (Lipinski definition) is 4. The Morgan fingerprint density at radius 3 is 2.64 bits per heavy atom. The van der Waals surface area contributed by atoms with Crippen LogP contribution in [0.5, 0.6) is 0 Å². The molecule has 0 spiro atoms. The molecule has 25 heavy (non-hydrogen) atoms. The van der Waals surface area contributed by atoms with E-state index in [1.54, 1.807) is 0 Å². The molecule has 0 aliphatic carbocycles. The van der Waals surface area contributed by atoms with Gasteiger partial charge in [-0.3, -0.25) is 4.79 Å². The molecule has 1 aliphatic heterocycles. The summed E-state index contributed by atoms with van der Waals surface area (Å²) in [6.07, 6.45) is 0.235. The van der Waals surface area contributed by atoms with E-state index < -0.39 is 0 Å². The topological polar surface area (TPSA) is 70.6 Å². The van der Waals surface area contributed by atoms with Gasteiger partial charge in [0.1, 0.15) is 6.23 Å². The number of morpholine rings is 1. The Hall–Kier alpha value is -2.08. The number of carboxylic acid groups (broad SMARTS) is 1. The molecule has 3 N–H and O–H groups in total. The van der Waals surface area contributed by atoms with Crippen LogP contribution in [-0.4, -0.2) is 37.0 Å². The van der Waals surface area contributed by atoms with Crippen LogP contribution in [0.3, 0.4) is 0 Å². The predicted molar refractivity (Wildman–Crippen MR) is 101 cm³/mol. The first kappa shape index (κ1) is 19.2. The Bertz CT molecular complexity index is 709. The van der Waals surface area contributed by atoms with Crippen LogP contribution in [-0.2, 0) is 9.53 Å². The maximum Gasteiger partial charge on any atom is 0.290 e. The van der Waals surface area contributed by atoms with Gasteiger partial charge in [-0.15, -0.1) is 0 Å². The summed E-state index contributed by atoms with van der Waals surface area (Å²) in [6.45, 7) is 5.57. The molecule has 0 bridgehead atoms. The van der Waals surface area contributed by atoms with Crippen LogP contribution < -0.4 is 10.6 Å². The lowest BCUT2D eigenvalue weighted by molar-refractivity contribution is -0.122. The first-order valence-corrected chi connectivity index (χ1v) is 8.48. The number of anilines is 1. The predicted octanol–water partition coefficient (Wildman–Crippen LogP) is 3.76. The van der Waals surface area contributed by atoms with Crippen molar-refractivity contribution in [2.75, 3.05) is 18.4 Å². The SMILES string of the molecule is Cc1cc(-c2cccc(NC3CNCC(C)O3)c2)ccc1Cl.O=CO. The fourth-order valence-electron chi connectivity index (χ4n) is 2.68. The smallest absolute Gasteiger partial charge is 0.290 e. The summed E-state index contributed by atoms with van der Waals surface area (Å²) in [6, 6.07) is 14.5. The third kappa shape index (κ3) is 5.74. The molecule has 0 radical (unpaired) electrons. The zero-order chi connectivity index (χ0) is 18.2. The number of halogens is 1. The van der Waals surface area contributed by atoms with Gasteiger partial charge in [0, 0.05) is 23.8 Å². The summed E-state index contributed by atoms with van der Waals surface area (Å²) in [5.74, 6) is 0. The van der Waals surface area contributed by atoms with E-state index in [1.807, 2.05) is 13.0 Å². The highest BCUT2D eigenvalue weighted by Gasteiger charge is 2.18. The molecule has 134 valence electrons. The molecule has 0 saturated carbocycles. The van der Waals surface area contributed by atoms with Gasteiger partial charge in [-0.2, -0.15) is 0 Å². The molecule has 2 aromatic rings. The Kier molecular flexibility index (Phi) is 7.25. The van der Waals surface area contributed by atoms with E-state index in [0.29, 0.717) is 0 Å². The minimum Gasteiger partial charge on any atom is -0.483 e. The molecule has 1 aliphatic rings. The van der Waals surface area contributed by atoms with Crippen LogP contribution in [0.2, 0.25) is 5.02 Å². The van der Waals surface area contributed by atoms with Crippen LogP contribution in [0.25, 0.3) is 11.1 Å². The molecule has 2 unspecified atom stereocenters. The van der Waals surface area contributed by atoms with Crippen molar-refractivity contribution in [1.29, 1.82) is 0 Å².